The van der Waals surface area contributed by atoms with Crippen LogP contribution in [-0.4, -0.2) is 23.2 Å². The number of rotatable bonds is 2. The van der Waals surface area contributed by atoms with E-state index in [4.69, 9.17) is 4.74 Å². The molecule has 1 aromatic carbocycles. The van der Waals surface area contributed by atoms with Crippen LogP contribution >= 0.6 is 0 Å². The molecule has 0 bridgehead atoms. The van der Waals surface area contributed by atoms with Crippen LogP contribution in [0.3, 0.4) is 0 Å². The Bertz CT molecular complexity index is 499. The number of aromatic hydroxyl groups is 1. The van der Waals surface area contributed by atoms with Crippen molar-refractivity contribution >= 4 is 11.5 Å². The first kappa shape index (κ1) is 12.5. The third-order valence-corrected chi connectivity index (χ3v) is 4.63. The number of phenolic OH excluding ortho intramolecular Hbond substituents is 1. The highest BCUT2D eigenvalue weighted by Crippen LogP contribution is 2.51. The van der Waals surface area contributed by atoms with E-state index >= 15 is 0 Å². The third-order valence-electron chi connectivity index (χ3n) is 4.63. The van der Waals surface area contributed by atoms with Gasteiger partial charge < -0.3 is 15.2 Å². The normalized spacial score (nSPS) is 34.1. The van der Waals surface area contributed by atoms with Gasteiger partial charge in [-0.05, 0) is 50.5 Å². The quantitative estimate of drug-likeness (QED) is 0.804. The fourth-order valence-electron chi connectivity index (χ4n) is 3.29. The number of fused-ring (bicyclic) bond motifs is 1. The predicted octanol–water partition coefficient (Wildman–Crippen LogP) is 2.68. The van der Waals surface area contributed by atoms with Gasteiger partial charge in [0.05, 0.1) is 5.41 Å². The van der Waals surface area contributed by atoms with Crippen molar-refractivity contribution < 1.29 is 14.6 Å². The lowest BCUT2D eigenvalue weighted by molar-refractivity contribution is -0.127. The minimum Gasteiger partial charge on any atom is -0.508 e. The molecule has 2 N–H and O–H groups in total. The molecule has 1 saturated carbocycles. The molecule has 1 saturated heterocycles. The smallest absolute Gasteiger partial charge is 0.169 e. The molecule has 2 atom stereocenters. The van der Waals surface area contributed by atoms with Crippen LogP contribution < -0.4 is 5.32 Å². The Morgan fingerprint density at radius 2 is 1.89 bits per heavy atom. The van der Waals surface area contributed by atoms with Crippen LogP contribution in [0.25, 0.3) is 0 Å². The fourth-order valence-corrected chi connectivity index (χ4v) is 3.29. The van der Waals surface area contributed by atoms with Gasteiger partial charge in [0.2, 0.25) is 0 Å². The maximum atomic E-state index is 12.2. The number of ketones is 1. The zero-order valence-corrected chi connectivity index (χ0v) is 11.1. The minimum absolute atomic E-state index is 0.193. The van der Waals surface area contributed by atoms with E-state index in [0.717, 1.165) is 31.4 Å². The first-order valence-corrected chi connectivity index (χ1v) is 6.80. The number of phenols is 1. The van der Waals surface area contributed by atoms with Gasteiger partial charge in [-0.25, -0.2) is 0 Å². The van der Waals surface area contributed by atoms with Gasteiger partial charge in [-0.1, -0.05) is 6.42 Å². The Labute approximate surface area is 112 Å². The average Bonchev–Trinajstić information content (AvgIpc) is 2.66. The van der Waals surface area contributed by atoms with E-state index in [0.29, 0.717) is 0 Å². The Morgan fingerprint density at radius 1 is 1.21 bits per heavy atom. The molecule has 3 rings (SSSR count). The molecule has 1 aliphatic heterocycles. The number of carbonyl (C=O) groups is 1. The molecule has 0 aromatic heterocycles. The van der Waals surface area contributed by atoms with E-state index in [-0.39, 0.29) is 18.1 Å². The van der Waals surface area contributed by atoms with Crippen LogP contribution in [0.4, 0.5) is 5.69 Å². The maximum Gasteiger partial charge on any atom is 0.169 e. The van der Waals surface area contributed by atoms with Crippen molar-refractivity contribution in [3.05, 3.63) is 24.3 Å². The SMILES string of the molecule is C[C@]12CCCC[C@@]1(Nc1ccc(O)cc1)OCC2=O. The Kier molecular flexibility index (Phi) is 2.78. The van der Waals surface area contributed by atoms with Crippen LogP contribution in [0.1, 0.15) is 32.6 Å². The Hall–Kier alpha value is -1.55. The monoisotopic (exact) mass is 261 g/mol. The number of carbonyl (C=O) groups excluding carboxylic acids is 1. The molecule has 0 spiro atoms. The summed E-state index contributed by atoms with van der Waals surface area (Å²) in [6, 6.07) is 6.89. The number of hydrogen-bond acceptors (Lipinski definition) is 4. The topological polar surface area (TPSA) is 58.6 Å². The van der Waals surface area contributed by atoms with Crippen LogP contribution in [0.5, 0.6) is 5.75 Å². The van der Waals surface area contributed by atoms with E-state index in [1.807, 2.05) is 19.1 Å². The number of benzene rings is 1. The molecular formula is C15H19NO3. The molecule has 19 heavy (non-hydrogen) atoms. The molecule has 102 valence electrons. The molecule has 0 radical (unpaired) electrons. The van der Waals surface area contributed by atoms with Gasteiger partial charge in [-0.2, -0.15) is 0 Å². The van der Waals surface area contributed by atoms with Crippen LogP contribution in [0, 0.1) is 5.41 Å². The van der Waals surface area contributed by atoms with E-state index in [1.54, 1.807) is 12.1 Å². The zero-order valence-electron chi connectivity index (χ0n) is 11.1. The lowest BCUT2D eigenvalue weighted by atomic mass is 9.68. The largest absolute Gasteiger partial charge is 0.508 e. The summed E-state index contributed by atoms with van der Waals surface area (Å²) in [4.78, 5) is 12.2. The Balaban J connectivity index is 1.92. The minimum atomic E-state index is -0.584. The van der Waals surface area contributed by atoms with Gasteiger partial charge in [-0.3, -0.25) is 4.79 Å². The second-order valence-electron chi connectivity index (χ2n) is 5.75. The lowest BCUT2D eigenvalue weighted by Gasteiger charge is -2.45. The second-order valence-corrected chi connectivity index (χ2v) is 5.75. The average molecular weight is 261 g/mol. The summed E-state index contributed by atoms with van der Waals surface area (Å²) in [7, 11) is 0. The van der Waals surface area contributed by atoms with E-state index in [9.17, 15) is 9.90 Å². The first-order valence-electron chi connectivity index (χ1n) is 6.80. The Morgan fingerprint density at radius 3 is 2.63 bits per heavy atom. The third kappa shape index (κ3) is 1.82. The highest BCUT2D eigenvalue weighted by Gasteiger charge is 2.59. The molecule has 4 heteroatoms. The molecule has 1 heterocycles. The van der Waals surface area contributed by atoms with Gasteiger partial charge >= 0.3 is 0 Å². The summed E-state index contributed by atoms with van der Waals surface area (Å²) in [6.45, 7) is 2.20. The second kappa shape index (κ2) is 4.23. The number of Topliss-reactive ketones (excluding diaryl/α,β-unsaturated/α-hetero) is 1. The summed E-state index contributed by atoms with van der Waals surface area (Å²) >= 11 is 0. The predicted molar refractivity (Wildman–Crippen MR) is 72.0 cm³/mol. The van der Waals surface area contributed by atoms with Crippen molar-refractivity contribution in [2.45, 2.75) is 38.3 Å². The highest BCUT2D eigenvalue weighted by molar-refractivity contribution is 5.89. The molecule has 2 aliphatic rings. The van der Waals surface area contributed by atoms with Gasteiger partial charge in [0.25, 0.3) is 0 Å². The summed E-state index contributed by atoms with van der Waals surface area (Å²) in [6.07, 6.45) is 3.85. The summed E-state index contributed by atoms with van der Waals surface area (Å²) in [5.41, 5.74) is -0.150. The molecule has 0 amide bonds. The number of anilines is 1. The molecule has 4 nitrogen and oxygen atoms in total. The fraction of sp³-hybridized carbons (Fsp3) is 0.533. The van der Waals surface area contributed by atoms with Gasteiger partial charge in [0.15, 0.2) is 11.5 Å². The molecule has 0 unspecified atom stereocenters. The van der Waals surface area contributed by atoms with Crippen LogP contribution in [-0.2, 0) is 9.53 Å². The van der Waals surface area contributed by atoms with Crippen molar-refractivity contribution in [3.8, 4) is 5.75 Å². The number of nitrogens with one attached hydrogen (secondary N) is 1. The van der Waals surface area contributed by atoms with Crippen molar-refractivity contribution in [2.75, 3.05) is 11.9 Å². The molecule has 2 fully saturated rings. The summed E-state index contributed by atoms with van der Waals surface area (Å²) in [5.74, 6) is 0.427. The zero-order chi connectivity index (χ0) is 13.5. The van der Waals surface area contributed by atoms with Crippen molar-refractivity contribution in [1.29, 1.82) is 0 Å². The van der Waals surface area contributed by atoms with E-state index < -0.39 is 11.1 Å². The van der Waals surface area contributed by atoms with Crippen molar-refractivity contribution in [2.24, 2.45) is 5.41 Å². The molecule has 1 aromatic rings. The van der Waals surface area contributed by atoms with Gasteiger partial charge in [0.1, 0.15) is 12.4 Å². The van der Waals surface area contributed by atoms with Crippen LogP contribution in [0.2, 0.25) is 0 Å². The molecular weight excluding hydrogens is 242 g/mol. The first-order chi connectivity index (χ1) is 9.06. The van der Waals surface area contributed by atoms with Crippen LogP contribution in [0.15, 0.2) is 24.3 Å². The standard InChI is InChI=1S/C15H19NO3/c1-14-8-2-3-9-15(14,19-10-13(14)18)16-11-4-6-12(17)7-5-11/h4-7,16-17H,2-3,8-10H2,1H3/t14-,15-/m1/s1. The number of hydrogen-bond donors (Lipinski definition) is 2. The highest BCUT2D eigenvalue weighted by atomic mass is 16.5. The van der Waals surface area contributed by atoms with E-state index in [1.165, 1.54) is 0 Å². The maximum absolute atomic E-state index is 12.2. The lowest BCUT2D eigenvalue weighted by Crippen LogP contribution is -2.54. The van der Waals surface area contributed by atoms with Crippen molar-refractivity contribution in [3.63, 3.8) is 0 Å². The molecule has 1 aliphatic carbocycles. The summed E-state index contributed by atoms with van der Waals surface area (Å²) in [5, 5.41) is 12.7. The number of ether oxygens (including phenoxy) is 1. The van der Waals surface area contributed by atoms with E-state index in [2.05, 4.69) is 5.32 Å². The van der Waals surface area contributed by atoms with Gasteiger partial charge in [-0.15, -0.1) is 0 Å². The summed E-state index contributed by atoms with van der Waals surface area (Å²) < 4.78 is 5.87. The van der Waals surface area contributed by atoms with Crippen molar-refractivity contribution in [1.82, 2.24) is 0 Å². The van der Waals surface area contributed by atoms with Gasteiger partial charge in [0, 0.05) is 5.69 Å².